The zero-order chi connectivity index (χ0) is 12.5. The van der Waals surface area contributed by atoms with Gasteiger partial charge in [-0.3, -0.25) is 0 Å². The topological polar surface area (TPSA) is 56.9 Å². The number of aromatic nitrogens is 1. The summed E-state index contributed by atoms with van der Waals surface area (Å²) >= 11 is 0. The summed E-state index contributed by atoms with van der Waals surface area (Å²) < 4.78 is 61.5. The van der Waals surface area contributed by atoms with Crippen LogP contribution in [0.3, 0.4) is 0 Å². The van der Waals surface area contributed by atoms with E-state index in [2.05, 4.69) is 4.98 Å². The van der Waals surface area contributed by atoms with E-state index in [0.29, 0.717) is 0 Å². The molecule has 0 saturated carbocycles. The van der Waals surface area contributed by atoms with E-state index in [-0.39, 0.29) is 6.20 Å². The van der Waals surface area contributed by atoms with Crippen LogP contribution < -0.4 is 0 Å². The van der Waals surface area contributed by atoms with E-state index >= 15 is 0 Å². The highest BCUT2D eigenvalue weighted by molar-refractivity contribution is 5.49. The van der Waals surface area contributed by atoms with Crippen LogP contribution in [0.15, 0.2) is 6.20 Å². The molecule has 0 atom stereocenters. The summed E-state index contributed by atoms with van der Waals surface area (Å²) in [6.45, 7) is 0. The molecular formula is C8H3F5N2O. The molecule has 8 heteroatoms. The molecule has 0 saturated heterocycles. The first-order chi connectivity index (χ1) is 7.29. The summed E-state index contributed by atoms with van der Waals surface area (Å²) in [4.78, 5) is 2.73. The summed E-state index contributed by atoms with van der Waals surface area (Å²) in [5.41, 5.74) is -4.45. The Hall–Kier alpha value is -1.91. The summed E-state index contributed by atoms with van der Waals surface area (Å²) in [6, 6.07) is 0.970. The molecule has 3 nitrogen and oxygen atoms in total. The molecule has 1 N–H and O–H groups in total. The van der Waals surface area contributed by atoms with E-state index in [1.54, 1.807) is 0 Å². The second kappa shape index (κ2) is 3.92. The van der Waals surface area contributed by atoms with Gasteiger partial charge >= 0.3 is 6.18 Å². The zero-order valence-corrected chi connectivity index (χ0v) is 7.39. The maximum atomic E-state index is 12.3. The van der Waals surface area contributed by atoms with Crippen molar-refractivity contribution in [2.24, 2.45) is 0 Å². The predicted octanol–water partition coefficient (Wildman–Crippen LogP) is 2.62. The van der Waals surface area contributed by atoms with Gasteiger partial charge < -0.3 is 5.11 Å². The third kappa shape index (κ3) is 2.03. The lowest BCUT2D eigenvalue weighted by atomic mass is 10.1. The van der Waals surface area contributed by atoms with Crippen molar-refractivity contribution in [3.63, 3.8) is 0 Å². The first-order valence-corrected chi connectivity index (χ1v) is 3.76. The van der Waals surface area contributed by atoms with Gasteiger partial charge in [-0.05, 0) is 0 Å². The van der Waals surface area contributed by atoms with Gasteiger partial charge in [-0.25, -0.2) is 13.8 Å². The molecule has 0 aliphatic heterocycles. The summed E-state index contributed by atoms with van der Waals surface area (Å²) in [5, 5.41) is 17.3. The number of nitrogens with zero attached hydrogens (tertiary/aromatic N) is 2. The molecule has 0 amide bonds. The lowest BCUT2D eigenvalue weighted by Crippen LogP contribution is -2.12. The van der Waals surface area contributed by atoms with Gasteiger partial charge in [-0.1, -0.05) is 0 Å². The molecule has 0 aliphatic carbocycles. The number of nitriles is 1. The Balaban J connectivity index is 3.58. The van der Waals surface area contributed by atoms with Crippen molar-refractivity contribution in [1.82, 2.24) is 4.98 Å². The normalized spacial score (nSPS) is 11.6. The van der Waals surface area contributed by atoms with Crippen LogP contribution in [0.25, 0.3) is 0 Å². The van der Waals surface area contributed by atoms with Crippen molar-refractivity contribution in [3.05, 3.63) is 23.0 Å². The quantitative estimate of drug-likeness (QED) is 0.765. The van der Waals surface area contributed by atoms with Crippen molar-refractivity contribution in [2.45, 2.75) is 12.6 Å². The fourth-order valence-electron chi connectivity index (χ4n) is 1.06. The molecule has 1 rings (SSSR count). The van der Waals surface area contributed by atoms with E-state index in [1.165, 1.54) is 0 Å². The lowest BCUT2D eigenvalue weighted by Gasteiger charge is -2.11. The third-order valence-electron chi connectivity index (χ3n) is 1.70. The average molecular weight is 238 g/mol. The number of rotatable bonds is 1. The summed E-state index contributed by atoms with van der Waals surface area (Å²) in [6.07, 6.45) is -8.17. The molecular weight excluding hydrogens is 235 g/mol. The molecule has 1 heterocycles. The molecule has 1 aromatic heterocycles. The minimum atomic E-state index is -5.03. The maximum Gasteiger partial charge on any atom is 0.434 e. The van der Waals surface area contributed by atoms with Crippen molar-refractivity contribution in [2.75, 3.05) is 0 Å². The highest BCUT2D eigenvalue weighted by Crippen LogP contribution is 2.37. The van der Waals surface area contributed by atoms with Gasteiger partial charge in [0.1, 0.15) is 11.8 Å². The SMILES string of the molecule is N#Cc1c(C(F)(F)F)ncc(O)c1C(F)F. The maximum absolute atomic E-state index is 12.3. The molecule has 0 fully saturated rings. The molecule has 0 spiro atoms. The Morgan fingerprint density at radius 3 is 2.31 bits per heavy atom. The minimum Gasteiger partial charge on any atom is -0.506 e. The van der Waals surface area contributed by atoms with Crippen molar-refractivity contribution < 1.29 is 27.1 Å². The van der Waals surface area contributed by atoms with Crippen LogP contribution >= 0.6 is 0 Å². The molecule has 0 bridgehead atoms. The fraction of sp³-hybridized carbons (Fsp3) is 0.250. The van der Waals surface area contributed by atoms with Crippen LogP contribution in [0.2, 0.25) is 0 Å². The van der Waals surface area contributed by atoms with Gasteiger partial charge in [0, 0.05) is 0 Å². The molecule has 86 valence electrons. The Morgan fingerprint density at radius 2 is 1.94 bits per heavy atom. The third-order valence-corrected chi connectivity index (χ3v) is 1.70. The monoisotopic (exact) mass is 238 g/mol. The van der Waals surface area contributed by atoms with E-state index in [4.69, 9.17) is 10.4 Å². The summed E-state index contributed by atoms with van der Waals surface area (Å²) in [5.74, 6) is -1.14. The Labute approximate surface area is 85.8 Å². The molecule has 1 aromatic rings. The molecule has 0 aliphatic rings. The van der Waals surface area contributed by atoms with E-state index in [1.807, 2.05) is 0 Å². The second-order valence-corrected chi connectivity index (χ2v) is 2.69. The van der Waals surface area contributed by atoms with E-state index < -0.39 is 35.2 Å². The fourth-order valence-corrected chi connectivity index (χ4v) is 1.06. The zero-order valence-electron chi connectivity index (χ0n) is 7.39. The summed E-state index contributed by atoms with van der Waals surface area (Å²) in [7, 11) is 0. The molecule has 0 unspecified atom stereocenters. The highest BCUT2D eigenvalue weighted by atomic mass is 19.4. The van der Waals surface area contributed by atoms with Gasteiger partial charge in [0.05, 0.1) is 17.3 Å². The first-order valence-electron chi connectivity index (χ1n) is 3.76. The molecule has 0 aromatic carbocycles. The number of hydrogen-bond acceptors (Lipinski definition) is 3. The minimum absolute atomic E-state index is 0.241. The van der Waals surface area contributed by atoms with Gasteiger partial charge in [0.15, 0.2) is 5.69 Å². The Bertz CT molecular complexity index is 449. The van der Waals surface area contributed by atoms with Crippen LogP contribution in [0.5, 0.6) is 5.75 Å². The largest absolute Gasteiger partial charge is 0.506 e. The Kier molecular flexibility index (Phi) is 2.98. The number of halogens is 5. The number of hydrogen-bond donors (Lipinski definition) is 1. The van der Waals surface area contributed by atoms with Crippen LogP contribution in [0, 0.1) is 11.3 Å². The Morgan fingerprint density at radius 1 is 1.38 bits per heavy atom. The van der Waals surface area contributed by atoms with Crippen LogP contribution in [-0.2, 0) is 6.18 Å². The lowest BCUT2D eigenvalue weighted by molar-refractivity contribution is -0.141. The number of alkyl halides is 5. The van der Waals surface area contributed by atoms with Crippen molar-refractivity contribution >= 4 is 0 Å². The molecule has 16 heavy (non-hydrogen) atoms. The van der Waals surface area contributed by atoms with Crippen LogP contribution in [-0.4, -0.2) is 10.1 Å². The van der Waals surface area contributed by atoms with E-state index in [9.17, 15) is 22.0 Å². The van der Waals surface area contributed by atoms with Crippen molar-refractivity contribution in [1.29, 1.82) is 5.26 Å². The van der Waals surface area contributed by atoms with Crippen molar-refractivity contribution in [3.8, 4) is 11.8 Å². The van der Waals surface area contributed by atoms with Crippen LogP contribution in [0.1, 0.15) is 23.2 Å². The van der Waals surface area contributed by atoms with E-state index in [0.717, 1.165) is 6.07 Å². The average Bonchev–Trinajstić information content (AvgIpc) is 2.14. The number of aromatic hydroxyl groups is 1. The predicted molar refractivity (Wildman–Crippen MR) is 40.6 cm³/mol. The second-order valence-electron chi connectivity index (χ2n) is 2.69. The van der Waals surface area contributed by atoms with Gasteiger partial charge in [0.25, 0.3) is 6.43 Å². The van der Waals surface area contributed by atoms with Crippen LogP contribution in [0.4, 0.5) is 22.0 Å². The molecule has 0 radical (unpaired) electrons. The standard InChI is InChI=1S/C8H3F5N2O/c9-7(10)5-3(1-14)6(8(11,12)13)15-2-4(5)16/h2,7,16H. The van der Waals surface area contributed by atoms with Gasteiger partial charge in [-0.2, -0.15) is 18.4 Å². The van der Waals surface area contributed by atoms with Gasteiger partial charge in [-0.15, -0.1) is 0 Å². The first kappa shape index (κ1) is 12.2. The van der Waals surface area contributed by atoms with Gasteiger partial charge in [0.2, 0.25) is 0 Å². The highest BCUT2D eigenvalue weighted by Gasteiger charge is 2.38. The smallest absolute Gasteiger partial charge is 0.434 e. The number of pyridine rings is 1.